The van der Waals surface area contributed by atoms with Gasteiger partial charge in [-0.3, -0.25) is 4.99 Å². The number of guanidine groups is 1. The summed E-state index contributed by atoms with van der Waals surface area (Å²) in [5, 5.41) is 0. The Bertz CT molecular complexity index is 160. The number of nitrogens with zero attached hydrogens (tertiary/aromatic N) is 1. The van der Waals surface area contributed by atoms with Crippen LogP contribution in [-0.4, -0.2) is 12.5 Å². The van der Waals surface area contributed by atoms with Gasteiger partial charge in [0.25, 0.3) is 0 Å². The standard InChI is InChI=1S/C8H17N3/c1-8(2)3-6(4-8)5-11-7(9)10/h6H,3-5H2,1-2H3,(H4,9,10,11). The number of rotatable bonds is 2. The molecule has 64 valence electrons. The molecule has 1 aliphatic rings. The summed E-state index contributed by atoms with van der Waals surface area (Å²) >= 11 is 0. The molecule has 3 nitrogen and oxygen atoms in total. The second-order valence-electron chi connectivity index (χ2n) is 4.20. The summed E-state index contributed by atoms with van der Waals surface area (Å²) in [6, 6.07) is 0. The molecule has 11 heavy (non-hydrogen) atoms. The van der Waals surface area contributed by atoms with Crippen molar-refractivity contribution < 1.29 is 0 Å². The molecular weight excluding hydrogens is 138 g/mol. The molecule has 0 heterocycles. The van der Waals surface area contributed by atoms with Crippen molar-refractivity contribution in [1.29, 1.82) is 0 Å². The highest BCUT2D eigenvalue weighted by Gasteiger charge is 2.35. The van der Waals surface area contributed by atoms with Gasteiger partial charge in [0.05, 0.1) is 0 Å². The van der Waals surface area contributed by atoms with E-state index in [1.54, 1.807) is 0 Å². The lowest BCUT2D eigenvalue weighted by molar-refractivity contribution is 0.103. The van der Waals surface area contributed by atoms with Gasteiger partial charge in [-0.05, 0) is 24.2 Å². The molecule has 1 aliphatic carbocycles. The second kappa shape index (κ2) is 2.72. The first kappa shape index (κ1) is 8.37. The minimum Gasteiger partial charge on any atom is -0.370 e. The van der Waals surface area contributed by atoms with Gasteiger partial charge in [0.2, 0.25) is 0 Å². The summed E-state index contributed by atoms with van der Waals surface area (Å²) in [5.74, 6) is 0.932. The van der Waals surface area contributed by atoms with Crippen LogP contribution in [0.15, 0.2) is 4.99 Å². The molecule has 0 aromatic carbocycles. The van der Waals surface area contributed by atoms with Crippen molar-refractivity contribution >= 4 is 5.96 Å². The first-order valence-corrected chi connectivity index (χ1v) is 4.05. The quantitative estimate of drug-likeness (QED) is 0.455. The van der Waals surface area contributed by atoms with Gasteiger partial charge in [0, 0.05) is 6.54 Å². The van der Waals surface area contributed by atoms with Gasteiger partial charge < -0.3 is 11.5 Å². The summed E-state index contributed by atoms with van der Waals surface area (Å²) in [4.78, 5) is 3.98. The molecule has 0 atom stereocenters. The molecule has 1 rings (SSSR count). The molecule has 0 bridgehead atoms. The van der Waals surface area contributed by atoms with Crippen LogP contribution < -0.4 is 11.5 Å². The van der Waals surface area contributed by atoms with Crippen LogP contribution >= 0.6 is 0 Å². The van der Waals surface area contributed by atoms with Gasteiger partial charge in [0.1, 0.15) is 0 Å². The maximum atomic E-state index is 5.21. The molecular formula is C8H17N3. The normalized spacial score (nSPS) is 22.4. The molecule has 0 aliphatic heterocycles. The highest BCUT2D eigenvalue weighted by molar-refractivity contribution is 5.75. The van der Waals surface area contributed by atoms with E-state index in [0.29, 0.717) is 11.3 Å². The van der Waals surface area contributed by atoms with Gasteiger partial charge in [-0.15, -0.1) is 0 Å². The zero-order valence-corrected chi connectivity index (χ0v) is 7.30. The molecule has 0 amide bonds. The second-order valence-corrected chi connectivity index (χ2v) is 4.20. The fraction of sp³-hybridized carbons (Fsp3) is 0.875. The zero-order valence-electron chi connectivity index (χ0n) is 7.30. The largest absolute Gasteiger partial charge is 0.370 e. The minimum atomic E-state index is 0.217. The van der Waals surface area contributed by atoms with Crippen molar-refractivity contribution in [1.82, 2.24) is 0 Å². The topological polar surface area (TPSA) is 64.4 Å². The molecule has 0 unspecified atom stereocenters. The first-order valence-electron chi connectivity index (χ1n) is 4.05. The summed E-state index contributed by atoms with van der Waals surface area (Å²) in [5.41, 5.74) is 11.0. The highest BCUT2D eigenvalue weighted by Crippen LogP contribution is 2.44. The molecule has 0 saturated heterocycles. The van der Waals surface area contributed by atoms with Crippen LogP contribution in [0.4, 0.5) is 0 Å². The maximum absolute atomic E-state index is 5.21. The van der Waals surface area contributed by atoms with E-state index < -0.39 is 0 Å². The third-order valence-corrected chi connectivity index (χ3v) is 2.21. The molecule has 0 spiro atoms. The van der Waals surface area contributed by atoms with Crippen LogP contribution in [0.5, 0.6) is 0 Å². The molecule has 1 fully saturated rings. The van der Waals surface area contributed by atoms with Crippen LogP contribution in [0.3, 0.4) is 0 Å². The highest BCUT2D eigenvalue weighted by atomic mass is 15.0. The van der Waals surface area contributed by atoms with E-state index in [9.17, 15) is 0 Å². The monoisotopic (exact) mass is 155 g/mol. The van der Waals surface area contributed by atoms with Gasteiger partial charge in [0.15, 0.2) is 5.96 Å². The molecule has 0 aromatic rings. The molecule has 1 saturated carbocycles. The average molecular weight is 155 g/mol. The number of hydrogen-bond acceptors (Lipinski definition) is 1. The molecule has 0 radical (unpaired) electrons. The van der Waals surface area contributed by atoms with Crippen molar-refractivity contribution in [2.45, 2.75) is 26.7 Å². The van der Waals surface area contributed by atoms with Crippen LogP contribution in [0.2, 0.25) is 0 Å². The Hall–Kier alpha value is -0.730. The van der Waals surface area contributed by atoms with Crippen molar-refractivity contribution in [2.24, 2.45) is 27.8 Å². The smallest absolute Gasteiger partial charge is 0.185 e. The Morgan fingerprint density at radius 2 is 2.00 bits per heavy atom. The van der Waals surface area contributed by atoms with Crippen molar-refractivity contribution in [3.05, 3.63) is 0 Å². The lowest BCUT2D eigenvalue weighted by Crippen LogP contribution is -2.34. The summed E-state index contributed by atoms with van der Waals surface area (Å²) in [6.45, 7) is 5.36. The fourth-order valence-electron chi connectivity index (χ4n) is 1.87. The Balaban J connectivity index is 2.19. The number of hydrogen-bond donors (Lipinski definition) is 2. The predicted molar refractivity (Wildman–Crippen MR) is 47.2 cm³/mol. The van der Waals surface area contributed by atoms with Crippen LogP contribution in [0.1, 0.15) is 26.7 Å². The molecule has 0 aromatic heterocycles. The number of nitrogens with two attached hydrogens (primary N) is 2. The summed E-state index contributed by atoms with van der Waals surface area (Å²) in [6.07, 6.45) is 2.51. The Morgan fingerprint density at radius 1 is 1.45 bits per heavy atom. The van der Waals surface area contributed by atoms with Gasteiger partial charge >= 0.3 is 0 Å². The van der Waals surface area contributed by atoms with Gasteiger partial charge in [-0.1, -0.05) is 13.8 Å². The van der Waals surface area contributed by atoms with Crippen LogP contribution in [0.25, 0.3) is 0 Å². The minimum absolute atomic E-state index is 0.217. The van der Waals surface area contributed by atoms with E-state index in [1.165, 1.54) is 12.8 Å². The lowest BCUT2D eigenvalue weighted by atomic mass is 9.64. The Labute approximate surface area is 67.9 Å². The van der Waals surface area contributed by atoms with Crippen molar-refractivity contribution in [3.8, 4) is 0 Å². The van der Waals surface area contributed by atoms with E-state index in [4.69, 9.17) is 11.5 Å². The average Bonchev–Trinajstić information content (AvgIpc) is 1.78. The molecule has 3 heteroatoms. The lowest BCUT2D eigenvalue weighted by Gasteiger charge is -2.41. The SMILES string of the molecule is CC1(C)CC(CN=C(N)N)C1. The van der Waals surface area contributed by atoms with Crippen LogP contribution in [-0.2, 0) is 0 Å². The first-order chi connectivity index (χ1) is 4.99. The fourth-order valence-corrected chi connectivity index (χ4v) is 1.87. The maximum Gasteiger partial charge on any atom is 0.185 e. The van der Waals surface area contributed by atoms with E-state index in [2.05, 4.69) is 18.8 Å². The predicted octanol–water partition coefficient (Wildman–Crippen LogP) is 0.696. The van der Waals surface area contributed by atoms with E-state index in [-0.39, 0.29) is 5.96 Å². The van der Waals surface area contributed by atoms with Gasteiger partial charge in [-0.25, -0.2) is 0 Å². The van der Waals surface area contributed by atoms with Gasteiger partial charge in [-0.2, -0.15) is 0 Å². The Kier molecular flexibility index (Phi) is 2.07. The zero-order chi connectivity index (χ0) is 8.48. The van der Waals surface area contributed by atoms with E-state index in [1.807, 2.05) is 0 Å². The van der Waals surface area contributed by atoms with E-state index >= 15 is 0 Å². The molecule has 4 N–H and O–H groups in total. The van der Waals surface area contributed by atoms with Crippen molar-refractivity contribution in [3.63, 3.8) is 0 Å². The van der Waals surface area contributed by atoms with E-state index in [0.717, 1.165) is 6.54 Å². The summed E-state index contributed by atoms with van der Waals surface area (Å²) in [7, 11) is 0. The summed E-state index contributed by atoms with van der Waals surface area (Å²) < 4.78 is 0. The number of aliphatic imine (C=N–C) groups is 1. The third kappa shape index (κ3) is 2.41. The third-order valence-electron chi connectivity index (χ3n) is 2.21. The van der Waals surface area contributed by atoms with Crippen molar-refractivity contribution in [2.75, 3.05) is 6.54 Å². The van der Waals surface area contributed by atoms with Crippen LogP contribution in [0, 0.1) is 11.3 Å². The Morgan fingerprint density at radius 3 is 2.36 bits per heavy atom.